The molecule has 0 aliphatic rings. The van der Waals surface area contributed by atoms with Gasteiger partial charge in [-0.15, -0.1) is 0 Å². The summed E-state index contributed by atoms with van der Waals surface area (Å²) < 4.78 is 0. The van der Waals surface area contributed by atoms with Crippen LogP contribution in [-0.2, 0) is 6.54 Å². The molecule has 1 amide bonds. The lowest BCUT2D eigenvalue weighted by Gasteiger charge is -2.09. The Balaban J connectivity index is 1.59. The van der Waals surface area contributed by atoms with Gasteiger partial charge in [0.15, 0.2) is 0 Å². The van der Waals surface area contributed by atoms with Gasteiger partial charge in [0.1, 0.15) is 13.7 Å². The first-order valence-electron chi connectivity index (χ1n) is 7.98. The van der Waals surface area contributed by atoms with Gasteiger partial charge >= 0.3 is 0 Å². The highest BCUT2D eigenvalue weighted by molar-refractivity contribution is 6.34. The Morgan fingerprint density at radius 1 is 1.12 bits per heavy atom. The molecule has 2 aromatic carbocycles. The Morgan fingerprint density at radius 2 is 1.96 bits per heavy atom. The minimum Gasteiger partial charge on any atom is -0.383 e. The third kappa shape index (κ3) is 2.81. The third-order valence-electron chi connectivity index (χ3n) is 4.20. The summed E-state index contributed by atoms with van der Waals surface area (Å²) in [5.74, 6) is 0.243. The number of nitrogens with zero attached hydrogens (tertiary/aromatic N) is 2. The van der Waals surface area contributed by atoms with Crippen molar-refractivity contribution in [3.8, 4) is 0 Å². The number of nitrogens with one attached hydrogen (secondary N) is 2. The predicted molar refractivity (Wildman–Crippen MR) is 103 cm³/mol. The Bertz CT molecular complexity index is 1150. The van der Waals surface area contributed by atoms with E-state index in [0.29, 0.717) is 28.9 Å². The van der Waals surface area contributed by atoms with Crippen molar-refractivity contribution >= 4 is 52.8 Å². The topological polar surface area (TPSA) is 123 Å². The van der Waals surface area contributed by atoms with Gasteiger partial charge in [-0.2, -0.15) is 4.98 Å². The molecule has 0 aliphatic carbocycles. The zero-order chi connectivity index (χ0) is 18.3. The number of anilines is 2. The van der Waals surface area contributed by atoms with Crippen LogP contribution < -0.4 is 22.2 Å². The fourth-order valence-electron chi connectivity index (χ4n) is 2.98. The lowest BCUT2D eigenvalue weighted by Crippen LogP contribution is -2.24. The fourth-order valence-corrected chi connectivity index (χ4v) is 2.98. The highest BCUT2D eigenvalue weighted by Crippen LogP contribution is 2.20. The van der Waals surface area contributed by atoms with Crippen molar-refractivity contribution in [3.05, 3.63) is 53.7 Å². The van der Waals surface area contributed by atoms with Gasteiger partial charge in [-0.25, -0.2) is 4.98 Å². The zero-order valence-electron chi connectivity index (χ0n) is 13.8. The number of aromatic amines is 1. The van der Waals surface area contributed by atoms with Crippen LogP contribution in [-0.4, -0.2) is 28.7 Å². The number of carbonyl (C=O) groups is 1. The number of nitrogens with two attached hydrogens (primary N) is 2. The average Bonchev–Trinajstić information content (AvgIpc) is 3.06. The molecule has 2 aromatic heterocycles. The maximum Gasteiger partial charge on any atom is 0.252 e. The molecule has 7 nitrogen and oxygen atoms in total. The summed E-state index contributed by atoms with van der Waals surface area (Å²) in [4.78, 5) is 23.8. The quantitative estimate of drug-likeness (QED) is 0.414. The van der Waals surface area contributed by atoms with Crippen LogP contribution in [0.5, 0.6) is 0 Å². The zero-order valence-corrected chi connectivity index (χ0v) is 13.8. The van der Waals surface area contributed by atoms with Crippen molar-refractivity contribution in [1.29, 1.82) is 0 Å². The maximum absolute atomic E-state index is 12.6. The Hall–Kier alpha value is -3.55. The minimum atomic E-state index is -0.205. The van der Waals surface area contributed by atoms with Crippen molar-refractivity contribution in [3.63, 3.8) is 0 Å². The van der Waals surface area contributed by atoms with E-state index in [0.717, 1.165) is 21.9 Å². The molecule has 126 valence electrons. The molecular weight excluding hydrogens is 327 g/mol. The maximum atomic E-state index is 12.6. The van der Waals surface area contributed by atoms with Gasteiger partial charge in [0.2, 0.25) is 5.95 Å². The molecule has 0 saturated carbocycles. The Morgan fingerprint density at radius 3 is 2.81 bits per heavy atom. The van der Waals surface area contributed by atoms with E-state index in [1.54, 1.807) is 18.3 Å². The van der Waals surface area contributed by atoms with Gasteiger partial charge in [0.05, 0.1) is 5.52 Å². The van der Waals surface area contributed by atoms with E-state index in [2.05, 4.69) is 20.3 Å². The first-order valence-corrected chi connectivity index (χ1v) is 7.98. The Kier molecular flexibility index (Phi) is 3.72. The van der Waals surface area contributed by atoms with E-state index >= 15 is 0 Å². The van der Waals surface area contributed by atoms with Crippen molar-refractivity contribution in [2.75, 3.05) is 11.5 Å². The van der Waals surface area contributed by atoms with Crippen LogP contribution in [0.1, 0.15) is 15.9 Å². The van der Waals surface area contributed by atoms with Crippen molar-refractivity contribution in [2.24, 2.45) is 0 Å². The van der Waals surface area contributed by atoms with E-state index in [1.165, 1.54) is 0 Å². The van der Waals surface area contributed by atoms with Gasteiger partial charge in [0, 0.05) is 34.6 Å². The second-order valence-electron chi connectivity index (χ2n) is 6.01. The molecule has 0 aliphatic heterocycles. The van der Waals surface area contributed by atoms with Gasteiger partial charge in [-0.3, -0.25) is 4.79 Å². The molecule has 8 heteroatoms. The molecule has 2 radical (unpaired) electrons. The number of H-pyrrole nitrogens is 1. The van der Waals surface area contributed by atoms with Crippen molar-refractivity contribution in [1.82, 2.24) is 20.3 Å². The smallest absolute Gasteiger partial charge is 0.252 e. The normalized spacial score (nSPS) is 11.1. The molecule has 4 aromatic rings. The van der Waals surface area contributed by atoms with Gasteiger partial charge in [-0.1, -0.05) is 17.6 Å². The summed E-state index contributed by atoms with van der Waals surface area (Å²) in [5, 5.41) is 4.45. The van der Waals surface area contributed by atoms with Crippen LogP contribution in [0.15, 0.2) is 42.6 Å². The van der Waals surface area contributed by atoms with Crippen molar-refractivity contribution in [2.45, 2.75) is 6.54 Å². The number of amides is 1. The molecule has 0 unspecified atom stereocenters. The minimum absolute atomic E-state index is 0.116. The molecule has 0 spiro atoms. The summed E-state index contributed by atoms with van der Waals surface area (Å²) >= 11 is 0. The second-order valence-corrected chi connectivity index (χ2v) is 6.01. The number of fused-ring (bicyclic) bond motifs is 2. The second kappa shape index (κ2) is 6.07. The van der Waals surface area contributed by atoms with E-state index < -0.39 is 0 Å². The first-order chi connectivity index (χ1) is 12.5. The van der Waals surface area contributed by atoms with Crippen LogP contribution in [0.25, 0.3) is 21.8 Å². The number of hydrogen-bond acceptors (Lipinski definition) is 5. The predicted octanol–water partition coefficient (Wildman–Crippen LogP) is 0.999. The van der Waals surface area contributed by atoms with Gasteiger partial charge < -0.3 is 21.8 Å². The lowest BCUT2D eigenvalue weighted by molar-refractivity contribution is 0.0952. The molecular formula is C18H15BN6O. The van der Waals surface area contributed by atoms with Crippen LogP contribution in [0.3, 0.4) is 0 Å². The highest BCUT2D eigenvalue weighted by atomic mass is 16.1. The van der Waals surface area contributed by atoms with Gasteiger partial charge in [-0.05, 0) is 29.8 Å². The molecule has 26 heavy (non-hydrogen) atoms. The molecule has 0 bridgehead atoms. The van der Waals surface area contributed by atoms with Crippen LogP contribution in [0, 0.1) is 0 Å². The summed E-state index contributed by atoms with van der Waals surface area (Å²) in [5.41, 5.74) is 14.9. The largest absolute Gasteiger partial charge is 0.383 e. The number of hydrogen-bond donors (Lipinski definition) is 4. The lowest BCUT2D eigenvalue weighted by atomic mass is 9.92. The van der Waals surface area contributed by atoms with E-state index in [-0.39, 0.29) is 11.9 Å². The highest BCUT2D eigenvalue weighted by Gasteiger charge is 2.12. The average molecular weight is 342 g/mol. The fraction of sp³-hybridized carbons (Fsp3) is 0.0556. The number of rotatable bonds is 3. The number of carbonyl (C=O) groups excluding carboxylic acids is 1. The summed E-state index contributed by atoms with van der Waals surface area (Å²) in [7, 11) is 5.88. The first kappa shape index (κ1) is 16.0. The Labute approximate surface area is 150 Å². The summed E-state index contributed by atoms with van der Waals surface area (Å²) in [6.45, 7) is 0.333. The number of nitrogen functional groups attached to an aromatic ring is 2. The number of aromatic nitrogens is 3. The molecule has 4 rings (SSSR count). The molecule has 6 N–H and O–H groups in total. The third-order valence-corrected chi connectivity index (χ3v) is 4.20. The molecule has 0 saturated heterocycles. The summed E-state index contributed by atoms with van der Waals surface area (Å²) in [6.07, 6.45) is 1.78. The van der Waals surface area contributed by atoms with Gasteiger partial charge in [0.25, 0.3) is 5.91 Å². The SMILES string of the molecule is [B]c1cc(C(=O)NCc2ccc3c(N)nc(N)nc3c2)c2cc[nH]c2c1. The van der Waals surface area contributed by atoms with E-state index in [1.807, 2.05) is 24.3 Å². The summed E-state index contributed by atoms with van der Waals surface area (Å²) in [6, 6.07) is 10.8. The molecule has 0 fully saturated rings. The monoisotopic (exact) mass is 342 g/mol. The molecule has 0 atom stereocenters. The van der Waals surface area contributed by atoms with Crippen molar-refractivity contribution < 1.29 is 4.79 Å². The van der Waals surface area contributed by atoms with E-state index in [9.17, 15) is 4.79 Å². The van der Waals surface area contributed by atoms with E-state index in [4.69, 9.17) is 19.3 Å². The van der Waals surface area contributed by atoms with Crippen LogP contribution in [0.4, 0.5) is 11.8 Å². The number of benzene rings is 2. The standard InChI is InChI=1S/C18H15BN6O/c19-10-6-13(11-3-4-22-14(11)7-10)17(26)23-8-9-1-2-12-15(5-9)24-18(21)25-16(12)20/h1-7,22H,8H2,(H,23,26)(H4,20,21,24,25). The van der Waals surface area contributed by atoms with Crippen LogP contribution >= 0.6 is 0 Å². The molecule has 2 heterocycles. The van der Waals surface area contributed by atoms with Crippen LogP contribution in [0.2, 0.25) is 0 Å².